The van der Waals surface area contributed by atoms with E-state index in [0.29, 0.717) is 36.8 Å². The van der Waals surface area contributed by atoms with Crippen LogP contribution in [0.3, 0.4) is 0 Å². The number of rotatable bonds is 3. The number of pyridine rings is 1. The Kier molecular flexibility index (Phi) is 5.89. The lowest BCUT2D eigenvalue weighted by Gasteiger charge is -2.30. The van der Waals surface area contributed by atoms with Crippen LogP contribution in [-0.4, -0.2) is 34.0 Å². The summed E-state index contributed by atoms with van der Waals surface area (Å²) >= 11 is 5.87. The van der Waals surface area contributed by atoms with Crippen LogP contribution in [0.2, 0.25) is 5.02 Å². The number of ether oxygens (including phenoxy) is 1. The topological polar surface area (TPSA) is 71.5 Å². The number of hydrogen-bond acceptors (Lipinski definition) is 4. The largest absolute Gasteiger partial charge is 0.444 e. The van der Waals surface area contributed by atoms with Gasteiger partial charge in [0.05, 0.1) is 12.2 Å². The third-order valence-corrected chi connectivity index (χ3v) is 4.56. The van der Waals surface area contributed by atoms with Crippen LogP contribution in [0.15, 0.2) is 36.4 Å². The van der Waals surface area contributed by atoms with E-state index in [-0.39, 0.29) is 12.0 Å². The highest BCUT2D eigenvalue weighted by Crippen LogP contribution is 2.20. The summed E-state index contributed by atoms with van der Waals surface area (Å²) in [5.74, 6) is -0.257. The van der Waals surface area contributed by atoms with Crippen molar-refractivity contribution in [3.63, 3.8) is 0 Å². The molecule has 2 heterocycles. The molecule has 6 nitrogen and oxygen atoms in total. The fraction of sp³-hybridized carbons (Fsp3) is 0.381. The van der Waals surface area contributed by atoms with Gasteiger partial charge in [-0.25, -0.2) is 9.78 Å². The average Bonchev–Trinajstić information content (AvgIpc) is 2.65. The molecule has 7 heteroatoms. The summed E-state index contributed by atoms with van der Waals surface area (Å²) in [4.78, 5) is 30.9. The van der Waals surface area contributed by atoms with Crippen molar-refractivity contribution in [2.24, 2.45) is 0 Å². The van der Waals surface area contributed by atoms with Crippen molar-refractivity contribution in [3.8, 4) is 0 Å². The summed E-state index contributed by atoms with van der Waals surface area (Å²) < 4.78 is 5.44. The second kappa shape index (κ2) is 8.19. The van der Waals surface area contributed by atoms with Crippen molar-refractivity contribution in [3.05, 3.63) is 63.9 Å². The van der Waals surface area contributed by atoms with Crippen molar-refractivity contribution >= 4 is 23.6 Å². The van der Waals surface area contributed by atoms with E-state index in [2.05, 4.69) is 10.3 Å². The number of amides is 2. The Morgan fingerprint density at radius 2 is 1.89 bits per heavy atom. The molecule has 2 aromatic rings. The Morgan fingerprint density at radius 1 is 1.18 bits per heavy atom. The van der Waals surface area contributed by atoms with Crippen molar-refractivity contribution in [2.45, 2.75) is 45.9 Å². The van der Waals surface area contributed by atoms with Gasteiger partial charge in [-0.2, -0.15) is 0 Å². The van der Waals surface area contributed by atoms with Gasteiger partial charge in [0.2, 0.25) is 0 Å². The highest BCUT2D eigenvalue weighted by atomic mass is 35.5. The molecule has 3 rings (SSSR count). The Balaban J connectivity index is 1.65. The van der Waals surface area contributed by atoms with Crippen molar-refractivity contribution in [2.75, 3.05) is 6.54 Å². The van der Waals surface area contributed by atoms with E-state index < -0.39 is 5.60 Å². The minimum absolute atomic E-state index is 0.257. The van der Waals surface area contributed by atoms with Crippen LogP contribution in [0.1, 0.15) is 48.1 Å². The molecule has 1 aromatic carbocycles. The first-order valence-corrected chi connectivity index (χ1v) is 9.58. The van der Waals surface area contributed by atoms with Gasteiger partial charge >= 0.3 is 6.09 Å². The Labute approximate surface area is 169 Å². The van der Waals surface area contributed by atoms with Gasteiger partial charge in [-0.05, 0) is 56.5 Å². The lowest BCUT2D eigenvalue weighted by Crippen LogP contribution is -2.40. The number of hydrogen-bond donors (Lipinski definition) is 1. The number of nitrogens with zero attached hydrogens (tertiary/aromatic N) is 2. The zero-order valence-electron chi connectivity index (χ0n) is 16.3. The second-order valence-corrected chi connectivity index (χ2v) is 8.20. The molecule has 0 saturated carbocycles. The summed E-state index contributed by atoms with van der Waals surface area (Å²) in [6.45, 7) is 6.81. The first-order chi connectivity index (χ1) is 13.2. The van der Waals surface area contributed by atoms with Gasteiger partial charge in [0.1, 0.15) is 11.3 Å². The number of carbonyl (C=O) groups is 2. The van der Waals surface area contributed by atoms with Crippen LogP contribution in [0.4, 0.5) is 4.79 Å². The second-order valence-electron chi connectivity index (χ2n) is 7.76. The maximum absolute atomic E-state index is 12.5. The molecule has 28 heavy (non-hydrogen) atoms. The van der Waals surface area contributed by atoms with Crippen molar-refractivity contribution in [1.29, 1.82) is 0 Å². The quantitative estimate of drug-likeness (QED) is 0.845. The number of nitrogens with one attached hydrogen (secondary N) is 1. The Bertz CT molecular complexity index is 875. The third-order valence-electron chi connectivity index (χ3n) is 4.31. The molecule has 0 unspecified atom stereocenters. The van der Waals surface area contributed by atoms with Crippen LogP contribution in [0, 0.1) is 0 Å². The molecule has 2 amide bonds. The fourth-order valence-electron chi connectivity index (χ4n) is 2.89. The molecule has 1 aromatic heterocycles. The molecule has 0 spiro atoms. The van der Waals surface area contributed by atoms with Gasteiger partial charge in [0.15, 0.2) is 0 Å². The normalized spacial score (nSPS) is 13.6. The third kappa shape index (κ3) is 5.23. The molecule has 0 aliphatic carbocycles. The minimum atomic E-state index is -0.547. The molecule has 0 saturated heterocycles. The average molecular weight is 402 g/mol. The first kappa shape index (κ1) is 20.1. The number of fused-ring (bicyclic) bond motifs is 1. The first-order valence-electron chi connectivity index (χ1n) is 9.21. The molecule has 148 valence electrons. The van der Waals surface area contributed by atoms with E-state index in [0.717, 1.165) is 16.8 Å². The molecule has 0 bridgehead atoms. The highest BCUT2D eigenvalue weighted by molar-refractivity contribution is 6.30. The van der Waals surface area contributed by atoms with Crippen LogP contribution in [0.25, 0.3) is 0 Å². The van der Waals surface area contributed by atoms with E-state index in [1.54, 1.807) is 23.1 Å². The van der Waals surface area contributed by atoms with Crippen molar-refractivity contribution in [1.82, 2.24) is 15.2 Å². The standard InChI is InChI=1S/C21H24ClN3O3/c1-21(2,3)28-20(27)25-11-10-15-6-9-17(24-18(15)13-25)19(26)23-12-14-4-7-16(22)8-5-14/h4-9H,10-13H2,1-3H3,(H,23,26). The summed E-state index contributed by atoms with van der Waals surface area (Å²) in [5, 5.41) is 3.51. The summed E-state index contributed by atoms with van der Waals surface area (Å²) in [6, 6.07) is 10.9. The number of halogens is 1. The summed E-state index contributed by atoms with van der Waals surface area (Å²) in [7, 11) is 0. The zero-order valence-corrected chi connectivity index (χ0v) is 17.0. The monoisotopic (exact) mass is 401 g/mol. The Morgan fingerprint density at radius 3 is 2.57 bits per heavy atom. The van der Waals surface area contributed by atoms with Gasteiger partial charge in [-0.15, -0.1) is 0 Å². The molecular weight excluding hydrogens is 378 g/mol. The number of benzene rings is 1. The number of aromatic nitrogens is 1. The van der Waals surface area contributed by atoms with E-state index in [1.165, 1.54) is 0 Å². The van der Waals surface area contributed by atoms with Gasteiger partial charge < -0.3 is 15.0 Å². The van der Waals surface area contributed by atoms with Crippen molar-refractivity contribution < 1.29 is 14.3 Å². The minimum Gasteiger partial charge on any atom is -0.444 e. The molecule has 1 N–H and O–H groups in total. The van der Waals surface area contributed by atoms with E-state index in [1.807, 2.05) is 39.0 Å². The highest BCUT2D eigenvalue weighted by Gasteiger charge is 2.27. The SMILES string of the molecule is CC(C)(C)OC(=O)N1CCc2ccc(C(=O)NCc3ccc(Cl)cc3)nc2C1. The van der Waals surface area contributed by atoms with Gasteiger partial charge in [-0.1, -0.05) is 29.8 Å². The van der Waals surface area contributed by atoms with Crippen LogP contribution in [-0.2, 0) is 24.2 Å². The Hall–Kier alpha value is -2.60. The van der Waals surface area contributed by atoms with Crippen LogP contribution in [0.5, 0.6) is 0 Å². The van der Waals surface area contributed by atoms with Gasteiger partial charge in [0, 0.05) is 18.1 Å². The van der Waals surface area contributed by atoms with Crippen LogP contribution >= 0.6 is 11.6 Å². The van der Waals surface area contributed by atoms with E-state index in [9.17, 15) is 9.59 Å². The summed E-state index contributed by atoms with van der Waals surface area (Å²) in [5.41, 5.74) is 2.52. The number of carbonyl (C=O) groups excluding carboxylic acids is 2. The molecular formula is C21H24ClN3O3. The molecule has 1 aliphatic heterocycles. The van der Waals surface area contributed by atoms with E-state index >= 15 is 0 Å². The predicted octanol–water partition coefficient (Wildman–Crippen LogP) is 3.96. The van der Waals surface area contributed by atoms with Gasteiger partial charge in [-0.3, -0.25) is 4.79 Å². The molecule has 0 fully saturated rings. The lowest BCUT2D eigenvalue weighted by atomic mass is 10.0. The van der Waals surface area contributed by atoms with Gasteiger partial charge in [0.25, 0.3) is 5.91 Å². The lowest BCUT2D eigenvalue weighted by molar-refractivity contribution is 0.0221. The maximum Gasteiger partial charge on any atom is 0.410 e. The molecule has 0 atom stereocenters. The maximum atomic E-state index is 12.5. The molecule has 1 aliphatic rings. The van der Waals surface area contributed by atoms with Crippen LogP contribution < -0.4 is 5.32 Å². The fourth-order valence-corrected chi connectivity index (χ4v) is 3.02. The zero-order chi connectivity index (χ0) is 20.3. The predicted molar refractivity (Wildman–Crippen MR) is 107 cm³/mol. The smallest absolute Gasteiger partial charge is 0.410 e. The molecule has 0 radical (unpaired) electrons. The van der Waals surface area contributed by atoms with E-state index in [4.69, 9.17) is 16.3 Å². The summed E-state index contributed by atoms with van der Waals surface area (Å²) in [6.07, 6.45) is 0.325.